The van der Waals surface area contributed by atoms with Gasteiger partial charge in [-0.05, 0) is 95.1 Å². The van der Waals surface area contributed by atoms with Crippen LogP contribution < -0.4 is 0 Å². The Morgan fingerprint density at radius 3 is 1.20 bits per heavy atom. The second kappa shape index (κ2) is 19.7. The fraction of sp³-hybridized carbons (Fsp3) is 0.333. The average Bonchev–Trinajstić information content (AvgIpc) is 3.20. The summed E-state index contributed by atoms with van der Waals surface area (Å²) in [6.45, 7) is 4.46. The largest absolute Gasteiger partial charge is 0.506 e. The monoisotopic (exact) mass is 750 g/mol. The van der Waals surface area contributed by atoms with Crippen molar-refractivity contribution in [2.24, 2.45) is 20.5 Å². The number of phenols is 4. The van der Waals surface area contributed by atoms with Crippen LogP contribution in [0.5, 0.6) is 23.0 Å². The van der Waals surface area contributed by atoms with Crippen molar-refractivity contribution in [1.29, 1.82) is 0 Å². The number of azo groups is 2. The number of hydrogen-bond acceptors (Lipinski definition) is 8. The van der Waals surface area contributed by atoms with Crippen molar-refractivity contribution in [1.82, 2.24) is 0 Å². The Labute approximate surface area is 330 Å². The molecule has 6 rings (SSSR count). The number of benzene rings is 6. The second-order valence-electron chi connectivity index (χ2n) is 14.8. The number of aryl methyl sites for hydroxylation is 2. The summed E-state index contributed by atoms with van der Waals surface area (Å²) < 4.78 is 0. The average molecular weight is 751 g/mol. The van der Waals surface area contributed by atoms with Gasteiger partial charge in [-0.2, -0.15) is 0 Å². The number of rotatable bonds is 19. The number of fused-ring (bicyclic) bond motifs is 2. The highest BCUT2D eigenvalue weighted by atomic mass is 16.3. The van der Waals surface area contributed by atoms with Crippen LogP contribution in [0.15, 0.2) is 118 Å². The van der Waals surface area contributed by atoms with E-state index in [4.69, 9.17) is 0 Å². The van der Waals surface area contributed by atoms with Crippen molar-refractivity contribution in [3.05, 3.63) is 108 Å². The van der Waals surface area contributed by atoms with E-state index in [9.17, 15) is 20.4 Å². The maximum atomic E-state index is 10.9. The van der Waals surface area contributed by atoms with Crippen molar-refractivity contribution in [3.63, 3.8) is 0 Å². The topological polar surface area (TPSA) is 130 Å². The van der Waals surface area contributed by atoms with Gasteiger partial charge in [0.05, 0.1) is 0 Å². The zero-order valence-electron chi connectivity index (χ0n) is 32.7. The van der Waals surface area contributed by atoms with Gasteiger partial charge < -0.3 is 20.4 Å². The van der Waals surface area contributed by atoms with Gasteiger partial charge >= 0.3 is 0 Å². The van der Waals surface area contributed by atoms with Gasteiger partial charge in [0.1, 0.15) is 45.7 Å². The lowest BCUT2D eigenvalue weighted by Gasteiger charge is -2.09. The smallest absolute Gasteiger partial charge is 0.143 e. The van der Waals surface area contributed by atoms with E-state index in [2.05, 4.69) is 58.6 Å². The molecule has 8 heteroatoms. The number of unbranched alkanes of at least 4 members (excludes halogenated alkanes) is 10. The minimum atomic E-state index is -0.1000. The van der Waals surface area contributed by atoms with Crippen LogP contribution in [0.1, 0.15) is 102 Å². The Morgan fingerprint density at radius 1 is 0.375 bits per heavy atom. The molecule has 290 valence electrons. The molecule has 0 atom stereocenters. The summed E-state index contributed by atoms with van der Waals surface area (Å²) in [5.74, 6) is -0.177. The molecular weight excluding hydrogens is 697 g/mol. The van der Waals surface area contributed by atoms with E-state index in [1.165, 1.54) is 75.3 Å². The fourth-order valence-electron chi connectivity index (χ4n) is 7.23. The van der Waals surface area contributed by atoms with Gasteiger partial charge in [-0.3, -0.25) is 0 Å². The van der Waals surface area contributed by atoms with E-state index in [1.54, 1.807) is 48.5 Å². The standard InChI is InChI=1S/C48H54N4O4/c1-3-5-7-9-11-13-15-33-17-23-39-37(29-33)21-27-43(53)47(39)51-49-41-25-19-35(31-45(41)55)36-20-26-42(46(56)32-36)50-52-48-40-24-18-34(16-14-12-10-8-6-4-2)30-38(40)22-28-44(48)54/h17-32,53-56H,3-16H2,1-2H3. The third kappa shape index (κ3) is 10.3. The number of hydrogen-bond donors (Lipinski definition) is 4. The summed E-state index contributed by atoms with van der Waals surface area (Å²) in [4.78, 5) is 0. The van der Waals surface area contributed by atoms with Crippen LogP contribution in [0.25, 0.3) is 32.7 Å². The zero-order chi connectivity index (χ0) is 39.3. The molecule has 0 aliphatic rings. The summed E-state index contributed by atoms with van der Waals surface area (Å²) in [5.41, 5.74) is 4.98. The molecule has 0 aromatic heterocycles. The third-order valence-corrected chi connectivity index (χ3v) is 10.5. The quantitative estimate of drug-likeness (QED) is 0.0485. The predicted octanol–water partition coefficient (Wildman–Crippen LogP) is 15.1. The minimum Gasteiger partial charge on any atom is -0.506 e. The van der Waals surface area contributed by atoms with Gasteiger partial charge in [-0.1, -0.05) is 139 Å². The lowest BCUT2D eigenvalue weighted by Crippen LogP contribution is -1.87. The first-order valence-corrected chi connectivity index (χ1v) is 20.3. The predicted molar refractivity (Wildman–Crippen MR) is 229 cm³/mol. The van der Waals surface area contributed by atoms with Crippen molar-refractivity contribution in [2.75, 3.05) is 0 Å². The van der Waals surface area contributed by atoms with Crippen LogP contribution >= 0.6 is 0 Å². The van der Waals surface area contributed by atoms with E-state index < -0.39 is 0 Å². The van der Waals surface area contributed by atoms with E-state index in [-0.39, 0.29) is 34.4 Å². The molecule has 0 saturated carbocycles. The van der Waals surface area contributed by atoms with Crippen LogP contribution in [0.4, 0.5) is 22.7 Å². The maximum Gasteiger partial charge on any atom is 0.143 e. The molecule has 0 spiro atoms. The number of nitrogens with zero attached hydrogens (tertiary/aromatic N) is 4. The Balaban J connectivity index is 1.12. The molecule has 0 aliphatic heterocycles. The fourth-order valence-corrected chi connectivity index (χ4v) is 7.23. The van der Waals surface area contributed by atoms with E-state index >= 15 is 0 Å². The molecule has 56 heavy (non-hydrogen) atoms. The third-order valence-electron chi connectivity index (χ3n) is 10.5. The Hall–Kier alpha value is -5.76. The Kier molecular flexibility index (Phi) is 14.1. The van der Waals surface area contributed by atoms with Gasteiger partial charge in [-0.15, -0.1) is 20.5 Å². The van der Waals surface area contributed by atoms with Crippen LogP contribution in [0, 0.1) is 0 Å². The summed E-state index contributed by atoms with van der Waals surface area (Å²) in [5, 5.41) is 64.0. The first-order chi connectivity index (χ1) is 27.3. The summed E-state index contributed by atoms with van der Waals surface area (Å²) in [7, 11) is 0. The highest BCUT2D eigenvalue weighted by Gasteiger charge is 2.12. The molecule has 0 radical (unpaired) electrons. The minimum absolute atomic E-state index is 0.0114. The van der Waals surface area contributed by atoms with Gasteiger partial charge in [0, 0.05) is 10.8 Å². The lowest BCUT2D eigenvalue weighted by molar-refractivity contribution is 0.474. The highest BCUT2D eigenvalue weighted by molar-refractivity contribution is 5.96. The Bertz CT molecular complexity index is 2150. The molecule has 6 aromatic carbocycles. The molecule has 0 aliphatic carbocycles. The summed E-state index contributed by atoms with van der Waals surface area (Å²) in [6, 6.07) is 29.4. The molecule has 0 saturated heterocycles. The maximum absolute atomic E-state index is 10.9. The van der Waals surface area contributed by atoms with Gasteiger partial charge in [-0.25, -0.2) is 0 Å². The first-order valence-electron chi connectivity index (χ1n) is 20.3. The van der Waals surface area contributed by atoms with Crippen LogP contribution in [0.2, 0.25) is 0 Å². The van der Waals surface area contributed by atoms with Crippen LogP contribution in [-0.2, 0) is 12.8 Å². The molecule has 0 amide bonds. The summed E-state index contributed by atoms with van der Waals surface area (Å²) in [6.07, 6.45) is 17.0. The van der Waals surface area contributed by atoms with Crippen molar-refractivity contribution in [3.8, 4) is 34.1 Å². The van der Waals surface area contributed by atoms with Gasteiger partial charge in [0.2, 0.25) is 0 Å². The second-order valence-corrected chi connectivity index (χ2v) is 14.8. The van der Waals surface area contributed by atoms with Gasteiger partial charge in [0.15, 0.2) is 0 Å². The molecule has 6 aromatic rings. The molecule has 0 bridgehead atoms. The number of aromatic hydroxyl groups is 4. The zero-order valence-corrected chi connectivity index (χ0v) is 32.7. The number of phenolic OH excluding ortho intramolecular Hbond substituents is 4. The van der Waals surface area contributed by atoms with Crippen LogP contribution in [-0.4, -0.2) is 20.4 Å². The molecule has 0 fully saturated rings. The molecule has 0 unspecified atom stereocenters. The van der Waals surface area contributed by atoms with E-state index in [1.807, 2.05) is 24.3 Å². The summed E-state index contributed by atoms with van der Waals surface area (Å²) >= 11 is 0. The Morgan fingerprint density at radius 2 is 0.786 bits per heavy atom. The highest BCUT2D eigenvalue weighted by Crippen LogP contribution is 2.41. The lowest BCUT2D eigenvalue weighted by atomic mass is 10.0. The first kappa shape index (κ1) is 39.9. The van der Waals surface area contributed by atoms with E-state index in [0.29, 0.717) is 22.5 Å². The molecule has 8 nitrogen and oxygen atoms in total. The van der Waals surface area contributed by atoms with Crippen molar-refractivity contribution in [2.45, 2.75) is 104 Å². The molecule has 0 heterocycles. The molecule has 4 N–H and O–H groups in total. The van der Waals surface area contributed by atoms with Crippen molar-refractivity contribution >= 4 is 44.3 Å². The van der Waals surface area contributed by atoms with Crippen molar-refractivity contribution < 1.29 is 20.4 Å². The molecular formula is C48H54N4O4. The van der Waals surface area contributed by atoms with Crippen LogP contribution in [0.3, 0.4) is 0 Å². The normalized spacial score (nSPS) is 11.8. The SMILES string of the molecule is CCCCCCCCc1ccc2c(N=Nc3ccc(-c4ccc(N=Nc5c(O)ccc6cc(CCCCCCCC)ccc56)c(O)c4)cc3O)c(O)ccc2c1. The van der Waals surface area contributed by atoms with E-state index in [0.717, 1.165) is 47.2 Å². The van der Waals surface area contributed by atoms with Gasteiger partial charge in [0.25, 0.3) is 0 Å².